The molecule has 3 N–H and O–H groups in total. The zero-order chi connectivity index (χ0) is 25.1. The number of benzene rings is 1. The fourth-order valence-corrected chi connectivity index (χ4v) is 4.49. The normalized spacial score (nSPS) is 19.0. The van der Waals surface area contributed by atoms with Crippen LogP contribution in [0.25, 0.3) is 16.6 Å². The molecule has 4 aromatic rings. The quantitative estimate of drug-likeness (QED) is 0.461. The third-order valence-corrected chi connectivity index (χ3v) is 6.44. The largest absolute Gasteiger partial charge is 0.384 e. The van der Waals surface area contributed by atoms with Gasteiger partial charge in [0.15, 0.2) is 17.3 Å². The molecule has 0 spiro atoms. The van der Waals surface area contributed by atoms with E-state index >= 15 is 0 Å². The number of piperidine rings is 1. The van der Waals surface area contributed by atoms with E-state index in [0.29, 0.717) is 30.9 Å². The van der Waals surface area contributed by atoms with Gasteiger partial charge >= 0.3 is 0 Å². The van der Waals surface area contributed by atoms with Gasteiger partial charge in [0, 0.05) is 24.6 Å². The van der Waals surface area contributed by atoms with Gasteiger partial charge in [0.2, 0.25) is 5.95 Å². The molecular weight excluding hydrogens is 456 g/mol. The van der Waals surface area contributed by atoms with Crippen molar-refractivity contribution in [2.75, 3.05) is 12.3 Å². The average Bonchev–Trinajstić information content (AvgIpc) is 3.26. The van der Waals surface area contributed by atoms with Crippen LogP contribution in [0.2, 0.25) is 0 Å². The van der Waals surface area contributed by atoms with Gasteiger partial charge in [-0.05, 0) is 51.8 Å². The first-order valence-electron chi connectivity index (χ1n) is 11.3. The Kier molecular flexibility index (Phi) is 5.39. The van der Waals surface area contributed by atoms with Gasteiger partial charge in [-0.3, -0.25) is 4.79 Å². The van der Waals surface area contributed by atoms with Gasteiger partial charge in [0.1, 0.15) is 22.6 Å². The van der Waals surface area contributed by atoms with Crippen LogP contribution in [0, 0.1) is 11.6 Å². The van der Waals surface area contributed by atoms with Crippen molar-refractivity contribution in [2.45, 2.75) is 51.2 Å². The predicted molar refractivity (Wildman–Crippen MR) is 125 cm³/mol. The summed E-state index contributed by atoms with van der Waals surface area (Å²) in [4.78, 5) is 28.0. The first-order chi connectivity index (χ1) is 16.5. The minimum absolute atomic E-state index is 0.0425. The first-order valence-corrected chi connectivity index (χ1v) is 11.3. The molecule has 9 nitrogen and oxygen atoms in total. The van der Waals surface area contributed by atoms with E-state index in [9.17, 15) is 18.7 Å². The summed E-state index contributed by atoms with van der Waals surface area (Å²) in [5, 5.41) is 14.9. The van der Waals surface area contributed by atoms with Crippen molar-refractivity contribution in [3.8, 4) is 0 Å². The summed E-state index contributed by atoms with van der Waals surface area (Å²) < 4.78 is 29.5. The predicted octanol–water partition coefficient (Wildman–Crippen LogP) is 3.17. The van der Waals surface area contributed by atoms with Crippen molar-refractivity contribution in [3.05, 3.63) is 59.2 Å². The lowest BCUT2D eigenvalue weighted by atomic mass is 9.92. The Balaban J connectivity index is 1.50. The molecule has 3 aromatic heterocycles. The number of rotatable bonds is 3. The second kappa shape index (κ2) is 8.19. The summed E-state index contributed by atoms with van der Waals surface area (Å²) >= 11 is 0. The van der Waals surface area contributed by atoms with Gasteiger partial charge in [0.05, 0.1) is 11.1 Å². The van der Waals surface area contributed by atoms with E-state index in [2.05, 4.69) is 20.1 Å². The Morgan fingerprint density at radius 3 is 2.69 bits per heavy atom. The van der Waals surface area contributed by atoms with Gasteiger partial charge < -0.3 is 15.7 Å². The SMILES string of the molecule is C[C@H]1CC[C@@H](c2nc3c4cc(F)cc(F)c4nc(N)n3n2)CN1C(=O)c1cccc(C(C)(C)O)n1. The third-order valence-electron chi connectivity index (χ3n) is 6.44. The van der Waals surface area contributed by atoms with Crippen LogP contribution < -0.4 is 5.73 Å². The number of nitrogens with zero attached hydrogens (tertiary/aromatic N) is 6. The van der Waals surface area contributed by atoms with Gasteiger partial charge in [-0.1, -0.05) is 6.07 Å². The lowest BCUT2D eigenvalue weighted by Gasteiger charge is -2.37. The van der Waals surface area contributed by atoms with Crippen molar-refractivity contribution in [1.29, 1.82) is 0 Å². The number of carbonyl (C=O) groups excluding carboxylic acids is 1. The van der Waals surface area contributed by atoms with Crippen molar-refractivity contribution in [1.82, 2.24) is 29.5 Å². The number of amides is 1. The second-order valence-corrected chi connectivity index (χ2v) is 9.51. The second-order valence-electron chi connectivity index (χ2n) is 9.51. The van der Waals surface area contributed by atoms with Crippen LogP contribution in [-0.2, 0) is 5.60 Å². The van der Waals surface area contributed by atoms with Crippen LogP contribution in [0.1, 0.15) is 61.5 Å². The molecule has 1 aliphatic rings. The molecule has 35 heavy (non-hydrogen) atoms. The maximum absolute atomic E-state index is 14.3. The molecule has 4 heterocycles. The van der Waals surface area contributed by atoms with Crippen molar-refractivity contribution < 1.29 is 18.7 Å². The summed E-state index contributed by atoms with van der Waals surface area (Å²) in [6.07, 6.45) is 1.42. The van der Waals surface area contributed by atoms with Crippen molar-refractivity contribution in [2.24, 2.45) is 0 Å². The summed E-state index contributed by atoms with van der Waals surface area (Å²) in [6, 6.07) is 6.85. The van der Waals surface area contributed by atoms with Crippen LogP contribution in [-0.4, -0.2) is 53.1 Å². The average molecular weight is 482 g/mol. The first kappa shape index (κ1) is 23.0. The van der Waals surface area contributed by atoms with Crippen molar-refractivity contribution in [3.63, 3.8) is 0 Å². The Morgan fingerprint density at radius 2 is 1.94 bits per heavy atom. The topological polar surface area (TPSA) is 123 Å². The number of likely N-dealkylation sites (tertiary alicyclic amines) is 1. The van der Waals surface area contributed by atoms with E-state index in [1.165, 1.54) is 4.52 Å². The Hall–Kier alpha value is -3.73. The lowest BCUT2D eigenvalue weighted by molar-refractivity contribution is 0.0591. The standard InChI is InChI=1S/C24H25F2N7O2/c1-12-7-8-13(11-32(12)22(34)17-5-4-6-18(28-17)24(2,3)35)20-30-21-15-9-14(25)10-16(26)19(15)29-23(27)33(21)31-20/h4-6,9-10,12-13,35H,7-8,11H2,1-3H3,(H2,27,29)/t12-,13+/m0/s1. The van der Waals surface area contributed by atoms with Gasteiger partial charge in [-0.2, -0.15) is 4.52 Å². The molecule has 1 saturated heterocycles. The van der Waals surface area contributed by atoms with Gasteiger partial charge in [0.25, 0.3) is 5.91 Å². The smallest absolute Gasteiger partial charge is 0.272 e. The van der Waals surface area contributed by atoms with Crippen LogP contribution >= 0.6 is 0 Å². The van der Waals surface area contributed by atoms with E-state index in [-0.39, 0.29) is 46.1 Å². The maximum atomic E-state index is 14.3. The van der Waals surface area contributed by atoms with E-state index in [4.69, 9.17) is 5.73 Å². The molecule has 182 valence electrons. The highest BCUT2D eigenvalue weighted by Gasteiger charge is 2.34. The number of pyridine rings is 1. The minimum Gasteiger partial charge on any atom is -0.384 e. The number of anilines is 1. The summed E-state index contributed by atoms with van der Waals surface area (Å²) in [7, 11) is 0. The van der Waals surface area contributed by atoms with E-state index in [1.807, 2.05) is 6.92 Å². The number of aliphatic hydroxyl groups is 1. The van der Waals surface area contributed by atoms with Crippen LogP contribution in [0.3, 0.4) is 0 Å². The monoisotopic (exact) mass is 481 g/mol. The van der Waals surface area contributed by atoms with Crippen molar-refractivity contribution >= 4 is 28.4 Å². The number of nitrogen functional groups attached to an aromatic ring is 1. The zero-order valence-corrected chi connectivity index (χ0v) is 19.5. The number of hydrogen-bond acceptors (Lipinski definition) is 7. The van der Waals surface area contributed by atoms with Crippen LogP contribution in [0.5, 0.6) is 0 Å². The highest BCUT2D eigenvalue weighted by molar-refractivity contribution is 5.93. The molecular formula is C24H25F2N7O2. The number of carbonyl (C=O) groups is 1. The summed E-state index contributed by atoms with van der Waals surface area (Å²) in [5.74, 6) is -1.71. The van der Waals surface area contributed by atoms with Gasteiger partial charge in [-0.25, -0.2) is 23.7 Å². The highest BCUT2D eigenvalue weighted by Crippen LogP contribution is 2.31. The lowest BCUT2D eigenvalue weighted by Crippen LogP contribution is -2.45. The molecule has 2 atom stereocenters. The van der Waals surface area contributed by atoms with E-state index in [0.717, 1.165) is 12.1 Å². The number of aromatic nitrogens is 5. The van der Waals surface area contributed by atoms with Gasteiger partial charge in [-0.15, -0.1) is 5.10 Å². The molecule has 1 aromatic carbocycles. The van der Waals surface area contributed by atoms with E-state index in [1.54, 1.807) is 36.9 Å². The maximum Gasteiger partial charge on any atom is 0.272 e. The molecule has 1 aliphatic heterocycles. The molecule has 0 saturated carbocycles. The summed E-state index contributed by atoms with van der Waals surface area (Å²) in [6.45, 7) is 5.52. The van der Waals surface area contributed by atoms with Crippen LogP contribution in [0.15, 0.2) is 30.3 Å². The molecule has 1 fully saturated rings. The fourth-order valence-electron chi connectivity index (χ4n) is 4.49. The molecule has 0 bridgehead atoms. The number of halogens is 2. The van der Waals surface area contributed by atoms with Crippen LogP contribution in [0.4, 0.5) is 14.7 Å². The van der Waals surface area contributed by atoms with E-state index < -0.39 is 17.2 Å². The molecule has 0 radical (unpaired) electrons. The summed E-state index contributed by atoms with van der Waals surface area (Å²) in [5.41, 5.74) is 5.58. The Labute approximate surface area is 199 Å². The number of nitrogens with two attached hydrogens (primary N) is 1. The zero-order valence-electron chi connectivity index (χ0n) is 19.5. The number of hydrogen-bond donors (Lipinski definition) is 2. The highest BCUT2D eigenvalue weighted by atomic mass is 19.1. The molecule has 0 unspecified atom stereocenters. The third kappa shape index (κ3) is 4.05. The Morgan fingerprint density at radius 1 is 1.17 bits per heavy atom. The molecule has 1 amide bonds. The molecule has 11 heteroatoms. The molecule has 0 aliphatic carbocycles. The molecule has 5 rings (SSSR count). The number of fused-ring (bicyclic) bond motifs is 3. The fraction of sp³-hybridized carbons (Fsp3) is 0.375. The Bertz CT molecular complexity index is 1460. The minimum atomic E-state index is -1.18.